The summed E-state index contributed by atoms with van der Waals surface area (Å²) in [5.41, 5.74) is 1.36. The lowest BCUT2D eigenvalue weighted by molar-refractivity contribution is -0.117. The normalized spacial score (nSPS) is 10.9. The molecule has 4 aromatic rings. The molecule has 0 bridgehead atoms. The molecule has 28 heavy (non-hydrogen) atoms. The van der Waals surface area contributed by atoms with E-state index < -0.39 is 5.91 Å². The predicted molar refractivity (Wildman–Crippen MR) is 106 cm³/mol. The van der Waals surface area contributed by atoms with Crippen molar-refractivity contribution in [1.29, 1.82) is 0 Å². The summed E-state index contributed by atoms with van der Waals surface area (Å²) < 4.78 is 1.04. The first kappa shape index (κ1) is 17.9. The summed E-state index contributed by atoms with van der Waals surface area (Å²) in [5, 5.41) is 20.2. The van der Waals surface area contributed by atoms with Crippen LogP contribution in [0.5, 0.6) is 0 Å². The van der Waals surface area contributed by atoms with Gasteiger partial charge in [-0.15, -0.1) is 15.3 Å². The Balaban J connectivity index is 1.39. The second kappa shape index (κ2) is 8.05. The van der Waals surface area contributed by atoms with Crippen molar-refractivity contribution in [3.63, 3.8) is 0 Å². The molecule has 1 N–H and O–H groups in total. The fraction of sp³-hybridized carbons (Fsp3) is 0.158. The van der Waals surface area contributed by atoms with Gasteiger partial charge in [0.2, 0.25) is 11.0 Å². The van der Waals surface area contributed by atoms with Crippen LogP contribution >= 0.6 is 11.3 Å². The summed E-state index contributed by atoms with van der Waals surface area (Å²) in [6.07, 6.45) is 1.60. The van der Waals surface area contributed by atoms with Gasteiger partial charge in [0.05, 0.1) is 5.39 Å². The summed E-state index contributed by atoms with van der Waals surface area (Å²) in [7, 11) is 0. The molecule has 0 radical (unpaired) electrons. The first-order valence-corrected chi connectivity index (χ1v) is 9.49. The highest BCUT2D eigenvalue weighted by Crippen LogP contribution is 2.17. The zero-order chi connectivity index (χ0) is 19.3. The molecule has 0 spiro atoms. The van der Waals surface area contributed by atoms with E-state index in [0.717, 1.165) is 22.5 Å². The van der Waals surface area contributed by atoms with E-state index in [4.69, 9.17) is 0 Å². The summed E-state index contributed by atoms with van der Waals surface area (Å²) in [5.74, 6) is -0.405. The molecule has 2 heterocycles. The Kier molecular flexibility index (Phi) is 5.16. The van der Waals surface area contributed by atoms with Crippen molar-refractivity contribution in [2.45, 2.75) is 19.4 Å². The number of aryl methyl sites for hydroxylation is 2. The van der Waals surface area contributed by atoms with Crippen molar-refractivity contribution in [3.8, 4) is 0 Å². The number of carbonyl (C=O) groups excluding carboxylic acids is 1. The maximum atomic E-state index is 12.4. The SMILES string of the molecule is O=C(Cn1nnc2ccccc2c1=O)Nc1nnc(CCc2ccccc2)s1. The number of aromatic nitrogens is 5. The minimum absolute atomic E-state index is 0.240. The summed E-state index contributed by atoms with van der Waals surface area (Å²) in [6.45, 7) is -0.240. The van der Waals surface area contributed by atoms with Crippen LogP contribution in [0.3, 0.4) is 0 Å². The molecule has 0 atom stereocenters. The molecule has 8 nitrogen and oxygen atoms in total. The zero-order valence-corrected chi connectivity index (χ0v) is 15.6. The number of hydrogen-bond acceptors (Lipinski definition) is 7. The van der Waals surface area contributed by atoms with Gasteiger partial charge in [-0.2, -0.15) is 0 Å². The van der Waals surface area contributed by atoms with Crippen LogP contribution in [0.2, 0.25) is 0 Å². The maximum Gasteiger partial charge on any atom is 0.278 e. The zero-order valence-electron chi connectivity index (χ0n) is 14.8. The van der Waals surface area contributed by atoms with Crippen molar-refractivity contribution in [1.82, 2.24) is 25.2 Å². The van der Waals surface area contributed by atoms with Crippen LogP contribution in [-0.2, 0) is 24.2 Å². The second-order valence-electron chi connectivity index (χ2n) is 6.10. The third-order valence-electron chi connectivity index (χ3n) is 4.11. The Hall–Kier alpha value is -3.46. The molecule has 0 fully saturated rings. The van der Waals surface area contributed by atoms with E-state index in [1.54, 1.807) is 24.3 Å². The monoisotopic (exact) mass is 392 g/mol. The fourth-order valence-electron chi connectivity index (χ4n) is 2.72. The van der Waals surface area contributed by atoms with Gasteiger partial charge >= 0.3 is 0 Å². The van der Waals surface area contributed by atoms with E-state index in [2.05, 4.69) is 38.0 Å². The third kappa shape index (κ3) is 4.09. The van der Waals surface area contributed by atoms with Crippen molar-refractivity contribution < 1.29 is 4.79 Å². The third-order valence-corrected chi connectivity index (χ3v) is 5.00. The van der Waals surface area contributed by atoms with E-state index in [9.17, 15) is 9.59 Å². The van der Waals surface area contributed by atoms with Crippen LogP contribution < -0.4 is 10.9 Å². The van der Waals surface area contributed by atoms with Crippen LogP contribution in [0.25, 0.3) is 10.9 Å². The number of anilines is 1. The minimum atomic E-state index is -0.405. The molecule has 0 saturated carbocycles. The molecular formula is C19H16N6O2S. The van der Waals surface area contributed by atoms with Crippen molar-refractivity contribution in [2.24, 2.45) is 0 Å². The number of amides is 1. The molecule has 4 rings (SSSR count). The molecule has 140 valence electrons. The molecule has 0 aliphatic rings. The van der Waals surface area contributed by atoms with Gasteiger partial charge in [-0.05, 0) is 24.1 Å². The molecule has 0 saturated heterocycles. The van der Waals surface area contributed by atoms with Gasteiger partial charge in [-0.25, -0.2) is 4.68 Å². The van der Waals surface area contributed by atoms with Crippen molar-refractivity contribution >= 4 is 33.3 Å². The summed E-state index contributed by atoms with van der Waals surface area (Å²) >= 11 is 1.32. The first-order valence-electron chi connectivity index (χ1n) is 8.68. The Bertz CT molecular complexity index is 1170. The summed E-state index contributed by atoms with van der Waals surface area (Å²) in [4.78, 5) is 24.7. The maximum absolute atomic E-state index is 12.4. The lowest BCUT2D eigenvalue weighted by Crippen LogP contribution is -2.30. The van der Waals surface area contributed by atoms with E-state index in [1.165, 1.54) is 16.9 Å². The van der Waals surface area contributed by atoms with Crippen LogP contribution in [0.1, 0.15) is 10.6 Å². The van der Waals surface area contributed by atoms with Gasteiger partial charge in [0.25, 0.3) is 5.56 Å². The van der Waals surface area contributed by atoms with Gasteiger partial charge in [0.1, 0.15) is 17.1 Å². The van der Waals surface area contributed by atoms with Gasteiger partial charge in [-0.3, -0.25) is 14.9 Å². The molecule has 1 amide bonds. The number of nitrogens with one attached hydrogen (secondary N) is 1. The Labute approximate surface area is 163 Å². The van der Waals surface area contributed by atoms with Crippen LogP contribution in [0, 0.1) is 0 Å². The Morgan fingerprint density at radius 1 is 0.964 bits per heavy atom. The van der Waals surface area contributed by atoms with Crippen molar-refractivity contribution in [3.05, 3.63) is 75.5 Å². The molecule has 0 aliphatic carbocycles. The topological polar surface area (TPSA) is 103 Å². The number of rotatable bonds is 6. The highest BCUT2D eigenvalue weighted by molar-refractivity contribution is 7.15. The number of carbonyl (C=O) groups is 1. The second-order valence-corrected chi connectivity index (χ2v) is 7.17. The van der Waals surface area contributed by atoms with Gasteiger partial charge in [0.15, 0.2) is 0 Å². The lowest BCUT2D eigenvalue weighted by Gasteiger charge is -2.04. The quantitative estimate of drug-likeness (QED) is 0.539. The summed E-state index contributed by atoms with van der Waals surface area (Å²) in [6, 6.07) is 17.0. The largest absolute Gasteiger partial charge is 0.299 e. The average Bonchev–Trinajstić information content (AvgIpc) is 3.17. The van der Waals surface area contributed by atoms with Crippen LogP contribution in [0.15, 0.2) is 59.4 Å². The van der Waals surface area contributed by atoms with E-state index in [-0.39, 0.29) is 12.1 Å². The molecule has 0 unspecified atom stereocenters. The molecule has 9 heteroatoms. The molecule has 2 aromatic heterocycles. The lowest BCUT2D eigenvalue weighted by atomic mass is 10.1. The highest BCUT2D eigenvalue weighted by Gasteiger charge is 2.12. The number of nitrogens with zero attached hydrogens (tertiary/aromatic N) is 5. The fourth-order valence-corrected chi connectivity index (χ4v) is 3.48. The van der Waals surface area contributed by atoms with E-state index >= 15 is 0 Å². The first-order chi connectivity index (χ1) is 13.7. The van der Waals surface area contributed by atoms with Crippen LogP contribution in [-0.4, -0.2) is 31.1 Å². The molecule has 2 aromatic carbocycles. The predicted octanol–water partition coefficient (Wildman–Crippen LogP) is 2.07. The molecular weight excluding hydrogens is 376 g/mol. The van der Waals surface area contributed by atoms with Crippen molar-refractivity contribution in [2.75, 3.05) is 5.32 Å². The highest BCUT2D eigenvalue weighted by atomic mass is 32.1. The van der Waals surface area contributed by atoms with Gasteiger partial charge in [0, 0.05) is 6.42 Å². The average molecular weight is 392 g/mol. The molecule has 0 aliphatic heterocycles. The van der Waals surface area contributed by atoms with E-state index in [0.29, 0.717) is 16.0 Å². The number of fused-ring (bicyclic) bond motifs is 1. The minimum Gasteiger partial charge on any atom is -0.299 e. The number of hydrogen-bond donors (Lipinski definition) is 1. The van der Waals surface area contributed by atoms with Gasteiger partial charge < -0.3 is 0 Å². The van der Waals surface area contributed by atoms with E-state index in [1.807, 2.05) is 18.2 Å². The smallest absolute Gasteiger partial charge is 0.278 e. The van der Waals surface area contributed by atoms with Gasteiger partial charge in [-0.1, -0.05) is 59.0 Å². The van der Waals surface area contributed by atoms with Crippen LogP contribution in [0.4, 0.5) is 5.13 Å². The number of benzene rings is 2. The Morgan fingerprint density at radius 2 is 1.75 bits per heavy atom. The standard InChI is InChI=1S/C19H16N6O2S/c26-16(12-25-18(27)14-8-4-5-9-15(14)21-24-25)20-19-23-22-17(28-19)11-10-13-6-2-1-3-7-13/h1-9H,10-12H2,(H,20,23,26). The Morgan fingerprint density at radius 3 is 2.61 bits per heavy atom.